The number of hydrogen-bond donors (Lipinski definition) is 1. The smallest absolute Gasteiger partial charge is 0.417 e. The Hall–Kier alpha value is -3.25. The molecule has 1 atom stereocenters. The standard InChI is InChI=1S/C29H34N2O4/c1-2-3-18-33-24-10-12-25(13-11-24)35-29(32)30-22-8-14-28-26(19-22)27(20-34-28)21-7-9-23-6-4-5-16-31(23)17-15-21/h8,10-15,19-20,23H,2-7,9,16-18H2,1H3,(H,30,32). The number of carbonyl (C=O) groups is 1. The van der Waals surface area contributed by atoms with Gasteiger partial charge in [-0.1, -0.05) is 25.8 Å². The molecule has 2 aliphatic heterocycles. The van der Waals surface area contributed by atoms with Crippen LogP contribution in [0.5, 0.6) is 11.5 Å². The Kier molecular flexibility index (Phi) is 7.38. The topological polar surface area (TPSA) is 63.9 Å². The summed E-state index contributed by atoms with van der Waals surface area (Å²) in [6, 6.07) is 13.5. The fourth-order valence-corrected chi connectivity index (χ4v) is 5.07. The van der Waals surface area contributed by atoms with Crippen molar-refractivity contribution in [2.45, 2.75) is 57.9 Å². The Balaban J connectivity index is 1.24. The molecule has 1 amide bonds. The first-order valence-electron chi connectivity index (χ1n) is 12.9. The molecule has 1 fully saturated rings. The summed E-state index contributed by atoms with van der Waals surface area (Å²) in [7, 11) is 0. The summed E-state index contributed by atoms with van der Waals surface area (Å²) in [5.41, 5.74) is 3.95. The number of unbranched alkanes of at least 4 members (excludes halogenated alkanes) is 1. The molecule has 2 aromatic carbocycles. The number of rotatable bonds is 7. The van der Waals surface area contributed by atoms with Gasteiger partial charge in [-0.3, -0.25) is 10.2 Å². The fourth-order valence-electron chi connectivity index (χ4n) is 5.07. The number of furan rings is 1. The lowest BCUT2D eigenvalue weighted by molar-refractivity contribution is 0.161. The number of benzene rings is 2. The molecule has 1 N–H and O–H groups in total. The molecule has 35 heavy (non-hydrogen) atoms. The van der Waals surface area contributed by atoms with Gasteiger partial charge < -0.3 is 13.9 Å². The normalized spacial score (nSPS) is 18.4. The first kappa shape index (κ1) is 23.5. The SMILES string of the molecule is CCCCOc1ccc(OC(=O)Nc2ccc3occ(C4=CCN5CCCCC5CC4)c3c2)cc1. The van der Waals surface area contributed by atoms with E-state index in [0.717, 1.165) is 48.1 Å². The van der Waals surface area contributed by atoms with Gasteiger partial charge in [0.2, 0.25) is 0 Å². The maximum absolute atomic E-state index is 12.5. The van der Waals surface area contributed by atoms with Crippen LogP contribution in [-0.2, 0) is 0 Å². The van der Waals surface area contributed by atoms with Gasteiger partial charge in [0.15, 0.2) is 0 Å². The molecule has 0 spiro atoms. The van der Waals surface area contributed by atoms with Crippen LogP contribution in [0.2, 0.25) is 0 Å². The van der Waals surface area contributed by atoms with Crippen LogP contribution in [0, 0.1) is 0 Å². The Morgan fingerprint density at radius 2 is 1.97 bits per heavy atom. The highest BCUT2D eigenvalue weighted by molar-refractivity contribution is 5.96. The van der Waals surface area contributed by atoms with E-state index in [1.54, 1.807) is 12.1 Å². The minimum absolute atomic E-state index is 0.468. The number of allylic oxidation sites excluding steroid dienone is 1. The van der Waals surface area contributed by atoms with Crippen molar-refractivity contribution in [1.29, 1.82) is 0 Å². The lowest BCUT2D eigenvalue weighted by Gasteiger charge is -2.33. The number of amides is 1. The van der Waals surface area contributed by atoms with Crippen molar-refractivity contribution >= 4 is 28.3 Å². The second-order valence-electron chi connectivity index (χ2n) is 9.46. The molecule has 1 aromatic heterocycles. The molecular formula is C29H34N2O4. The number of fused-ring (bicyclic) bond motifs is 2. The molecule has 1 unspecified atom stereocenters. The molecule has 5 rings (SSSR count). The fraction of sp³-hybridized carbons (Fsp3) is 0.414. The summed E-state index contributed by atoms with van der Waals surface area (Å²) in [5, 5.41) is 3.87. The Morgan fingerprint density at radius 3 is 2.83 bits per heavy atom. The summed E-state index contributed by atoms with van der Waals surface area (Å²) in [6.07, 6.45) is 12.0. The van der Waals surface area contributed by atoms with Crippen molar-refractivity contribution in [2.75, 3.05) is 25.0 Å². The van der Waals surface area contributed by atoms with E-state index < -0.39 is 6.09 Å². The highest BCUT2D eigenvalue weighted by atomic mass is 16.6. The Bertz CT molecular complexity index is 1180. The zero-order valence-corrected chi connectivity index (χ0v) is 20.4. The first-order valence-corrected chi connectivity index (χ1v) is 12.9. The van der Waals surface area contributed by atoms with Gasteiger partial charge in [0.25, 0.3) is 0 Å². The van der Waals surface area contributed by atoms with Gasteiger partial charge in [-0.2, -0.15) is 0 Å². The lowest BCUT2D eigenvalue weighted by Crippen LogP contribution is -2.38. The molecule has 0 bridgehead atoms. The van der Waals surface area contributed by atoms with E-state index in [-0.39, 0.29) is 0 Å². The minimum Gasteiger partial charge on any atom is -0.494 e. The van der Waals surface area contributed by atoms with Crippen molar-refractivity contribution in [3.05, 3.63) is 60.4 Å². The van der Waals surface area contributed by atoms with E-state index in [4.69, 9.17) is 13.9 Å². The van der Waals surface area contributed by atoms with Gasteiger partial charge in [0, 0.05) is 29.2 Å². The zero-order valence-electron chi connectivity index (χ0n) is 20.4. The van der Waals surface area contributed by atoms with Crippen LogP contribution in [0.3, 0.4) is 0 Å². The summed E-state index contributed by atoms with van der Waals surface area (Å²) in [4.78, 5) is 15.1. The molecular weight excluding hydrogens is 440 g/mol. The molecule has 1 saturated heterocycles. The predicted octanol–water partition coefficient (Wildman–Crippen LogP) is 7.25. The molecule has 184 valence electrons. The maximum atomic E-state index is 12.5. The van der Waals surface area contributed by atoms with E-state index in [1.165, 1.54) is 37.8 Å². The van der Waals surface area contributed by atoms with Crippen LogP contribution in [-0.4, -0.2) is 36.7 Å². The van der Waals surface area contributed by atoms with E-state index in [0.29, 0.717) is 24.1 Å². The second-order valence-corrected chi connectivity index (χ2v) is 9.46. The van der Waals surface area contributed by atoms with Crippen LogP contribution >= 0.6 is 0 Å². The van der Waals surface area contributed by atoms with E-state index in [2.05, 4.69) is 23.2 Å². The lowest BCUT2D eigenvalue weighted by atomic mass is 9.95. The first-order chi connectivity index (χ1) is 17.2. The van der Waals surface area contributed by atoms with Crippen LogP contribution in [0.15, 0.2) is 59.2 Å². The highest BCUT2D eigenvalue weighted by Gasteiger charge is 2.25. The number of nitrogens with zero attached hydrogens (tertiary/aromatic N) is 1. The van der Waals surface area contributed by atoms with E-state index in [1.807, 2.05) is 36.6 Å². The molecule has 6 heteroatoms. The van der Waals surface area contributed by atoms with Gasteiger partial charge in [0.05, 0.1) is 12.9 Å². The van der Waals surface area contributed by atoms with Crippen molar-refractivity contribution in [3.8, 4) is 11.5 Å². The summed E-state index contributed by atoms with van der Waals surface area (Å²) < 4.78 is 17.0. The van der Waals surface area contributed by atoms with Crippen LogP contribution in [0.25, 0.3) is 16.5 Å². The number of piperidine rings is 1. The zero-order chi connectivity index (χ0) is 24.0. The Morgan fingerprint density at radius 1 is 1.11 bits per heavy atom. The van der Waals surface area contributed by atoms with Gasteiger partial charge in [-0.05, 0) is 86.7 Å². The molecule has 3 heterocycles. The van der Waals surface area contributed by atoms with E-state index in [9.17, 15) is 4.79 Å². The molecule has 0 aliphatic carbocycles. The highest BCUT2D eigenvalue weighted by Crippen LogP contribution is 2.35. The van der Waals surface area contributed by atoms with Crippen molar-refractivity contribution in [2.24, 2.45) is 0 Å². The number of ether oxygens (including phenoxy) is 2. The quantitative estimate of drug-likeness (QED) is 0.365. The summed E-state index contributed by atoms with van der Waals surface area (Å²) in [6.45, 7) is 5.01. The average Bonchev–Trinajstić information content (AvgIpc) is 3.17. The number of nitrogens with one attached hydrogen (secondary N) is 1. The molecule has 0 radical (unpaired) electrons. The second kappa shape index (κ2) is 11.0. The van der Waals surface area contributed by atoms with Crippen molar-refractivity contribution in [1.82, 2.24) is 4.90 Å². The largest absolute Gasteiger partial charge is 0.494 e. The number of anilines is 1. The number of hydrogen-bond acceptors (Lipinski definition) is 5. The van der Waals surface area contributed by atoms with Gasteiger partial charge in [0.1, 0.15) is 17.1 Å². The van der Waals surface area contributed by atoms with E-state index >= 15 is 0 Å². The molecule has 2 aliphatic rings. The third-order valence-electron chi connectivity index (χ3n) is 7.03. The van der Waals surface area contributed by atoms with Gasteiger partial charge >= 0.3 is 6.09 Å². The average molecular weight is 475 g/mol. The monoisotopic (exact) mass is 474 g/mol. The molecule has 0 saturated carbocycles. The van der Waals surface area contributed by atoms with Crippen LogP contribution in [0.4, 0.5) is 10.5 Å². The van der Waals surface area contributed by atoms with Gasteiger partial charge in [-0.25, -0.2) is 4.79 Å². The maximum Gasteiger partial charge on any atom is 0.417 e. The Labute approximate surface area is 206 Å². The summed E-state index contributed by atoms with van der Waals surface area (Å²) in [5.74, 6) is 1.24. The van der Waals surface area contributed by atoms with Crippen LogP contribution in [0.1, 0.15) is 57.4 Å². The third-order valence-corrected chi connectivity index (χ3v) is 7.03. The molecule has 3 aromatic rings. The van der Waals surface area contributed by atoms with Crippen molar-refractivity contribution < 1.29 is 18.7 Å². The number of carbonyl (C=O) groups excluding carboxylic acids is 1. The van der Waals surface area contributed by atoms with Gasteiger partial charge in [-0.15, -0.1) is 0 Å². The summed E-state index contributed by atoms with van der Waals surface area (Å²) >= 11 is 0. The minimum atomic E-state index is -0.528. The third kappa shape index (κ3) is 5.70. The van der Waals surface area contributed by atoms with Crippen molar-refractivity contribution in [3.63, 3.8) is 0 Å². The van der Waals surface area contributed by atoms with Crippen LogP contribution < -0.4 is 14.8 Å². The predicted molar refractivity (Wildman–Crippen MR) is 139 cm³/mol. The molecule has 6 nitrogen and oxygen atoms in total.